The van der Waals surface area contributed by atoms with Gasteiger partial charge in [-0.2, -0.15) is 0 Å². The second kappa shape index (κ2) is 5.69. The highest BCUT2D eigenvalue weighted by Gasteiger charge is 2.03. The van der Waals surface area contributed by atoms with Crippen molar-refractivity contribution in [2.45, 2.75) is 6.42 Å². The van der Waals surface area contributed by atoms with E-state index in [1.54, 1.807) is 0 Å². The van der Waals surface area contributed by atoms with Gasteiger partial charge in [0.15, 0.2) is 0 Å². The van der Waals surface area contributed by atoms with Crippen LogP contribution >= 0.6 is 11.6 Å². The Morgan fingerprint density at radius 3 is 2.61 bits per heavy atom. The molecule has 2 aromatic carbocycles. The molecular formula is C15H14ClNO. The maximum atomic E-state index is 11.6. The highest BCUT2D eigenvalue weighted by molar-refractivity contribution is 6.29. The highest BCUT2D eigenvalue weighted by atomic mass is 35.5. The van der Waals surface area contributed by atoms with E-state index < -0.39 is 0 Å². The molecule has 0 radical (unpaired) electrons. The average Bonchev–Trinajstić information content (AvgIpc) is 2.36. The number of carbonyl (C=O) groups is 1. The standard InChI is InChI=1S/C15H14ClNO/c1-11(16)10-17-15(18)9-12-6-7-13-4-2-3-5-14(13)8-12/h2-8H,1,9-10H2,(H,17,18). The fourth-order valence-electron chi connectivity index (χ4n) is 1.79. The summed E-state index contributed by atoms with van der Waals surface area (Å²) in [7, 11) is 0. The molecule has 3 heteroatoms. The minimum Gasteiger partial charge on any atom is -0.351 e. The summed E-state index contributed by atoms with van der Waals surface area (Å²) in [5, 5.41) is 5.46. The van der Waals surface area contributed by atoms with Gasteiger partial charge in [-0.1, -0.05) is 60.6 Å². The van der Waals surface area contributed by atoms with E-state index in [1.807, 2.05) is 36.4 Å². The third-order valence-corrected chi connectivity index (χ3v) is 2.79. The van der Waals surface area contributed by atoms with Crippen molar-refractivity contribution in [3.63, 3.8) is 0 Å². The van der Waals surface area contributed by atoms with E-state index in [4.69, 9.17) is 11.6 Å². The van der Waals surface area contributed by atoms with Crippen LogP contribution in [0.4, 0.5) is 0 Å². The Kier molecular flexibility index (Phi) is 4.00. The molecule has 0 aromatic heterocycles. The molecule has 0 aliphatic rings. The lowest BCUT2D eigenvalue weighted by Crippen LogP contribution is -2.26. The fraction of sp³-hybridized carbons (Fsp3) is 0.133. The first-order valence-electron chi connectivity index (χ1n) is 5.73. The van der Waals surface area contributed by atoms with E-state index in [9.17, 15) is 4.79 Å². The number of amides is 1. The molecule has 2 nitrogen and oxygen atoms in total. The number of benzene rings is 2. The minimum absolute atomic E-state index is 0.0490. The van der Waals surface area contributed by atoms with Gasteiger partial charge < -0.3 is 5.32 Å². The molecule has 0 aliphatic heterocycles. The predicted octanol–water partition coefficient (Wildman–Crippen LogP) is 3.25. The van der Waals surface area contributed by atoms with E-state index >= 15 is 0 Å². The summed E-state index contributed by atoms with van der Waals surface area (Å²) in [4.78, 5) is 11.6. The number of halogens is 1. The molecule has 0 saturated carbocycles. The van der Waals surface area contributed by atoms with E-state index in [1.165, 1.54) is 5.39 Å². The first-order valence-corrected chi connectivity index (χ1v) is 6.10. The largest absolute Gasteiger partial charge is 0.351 e. The van der Waals surface area contributed by atoms with E-state index in [-0.39, 0.29) is 5.91 Å². The summed E-state index contributed by atoms with van der Waals surface area (Å²) < 4.78 is 0. The highest BCUT2D eigenvalue weighted by Crippen LogP contribution is 2.15. The van der Waals surface area contributed by atoms with Crippen molar-refractivity contribution in [1.82, 2.24) is 5.32 Å². The van der Waals surface area contributed by atoms with E-state index in [2.05, 4.69) is 18.0 Å². The molecule has 92 valence electrons. The maximum Gasteiger partial charge on any atom is 0.224 e. The molecule has 0 fully saturated rings. The van der Waals surface area contributed by atoms with Gasteiger partial charge >= 0.3 is 0 Å². The molecule has 2 rings (SSSR count). The zero-order valence-electron chi connectivity index (χ0n) is 9.95. The van der Waals surface area contributed by atoms with Gasteiger partial charge in [-0.3, -0.25) is 4.79 Å². The second-order valence-corrected chi connectivity index (χ2v) is 4.69. The van der Waals surface area contributed by atoms with Gasteiger partial charge in [0.2, 0.25) is 5.91 Å². The Balaban J connectivity index is 2.07. The van der Waals surface area contributed by atoms with Gasteiger partial charge in [-0.25, -0.2) is 0 Å². The zero-order chi connectivity index (χ0) is 13.0. The molecule has 0 aliphatic carbocycles. The van der Waals surface area contributed by atoms with E-state index in [0.29, 0.717) is 18.0 Å². The van der Waals surface area contributed by atoms with Crippen LogP contribution in [0.5, 0.6) is 0 Å². The topological polar surface area (TPSA) is 29.1 Å². The Labute approximate surface area is 111 Å². The molecule has 1 amide bonds. The molecule has 0 heterocycles. The van der Waals surface area contributed by atoms with Crippen LogP contribution in [-0.2, 0) is 11.2 Å². The second-order valence-electron chi connectivity index (χ2n) is 4.15. The van der Waals surface area contributed by atoms with Gasteiger partial charge in [0.1, 0.15) is 0 Å². The Hall–Kier alpha value is -1.80. The first-order chi connectivity index (χ1) is 8.65. The third-order valence-electron chi connectivity index (χ3n) is 2.66. The Morgan fingerprint density at radius 2 is 1.89 bits per heavy atom. The van der Waals surface area contributed by atoms with Crippen LogP contribution in [-0.4, -0.2) is 12.5 Å². The molecule has 1 N–H and O–H groups in total. The number of hydrogen-bond acceptors (Lipinski definition) is 1. The molecule has 2 aromatic rings. The zero-order valence-corrected chi connectivity index (χ0v) is 10.7. The van der Waals surface area contributed by atoms with Gasteiger partial charge in [0, 0.05) is 5.03 Å². The summed E-state index contributed by atoms with van der Waals surface area (Å²) >= 11 is 5.59. The quantitative estimate of drug-likeness (QED) is 0.897. The fourth-order valence-corrected chi connectivity index (χ4v) is 1.86. The molecule has 0 atom stereocenters. The predicted molar refractivity (Wildman–Crippen MR) is 75.7 cm³/mol. The van der Waals surface area contributed by atoms with Crippen LogP contribution in [0.2, 0.25) is 0 Å². The van der Waals surface area contributed by atoms with Gasteiger partial charge in [-0.15, -0.1) is 0 Å². The smallest absolute Gasteiger partial charge is 0.224 e. The van der Waals surface area contributed by atoms with Crippen LogP contribution in [0.1, 0.15) is 5.56 Å². The molecule has 0 spiro atoms. The molecule has 18 heavy (non-hydrogen) atoms. The normalized spacial score (nSPS) is 10.3. The van der Waals surface area contributed by atoms with Gasteiger partial charge in [0.05, 0.1) is 13.0 Å². The van der Waals surface area contributed by atoms with Crippen LogP contribution in [0.25, 0.3) is 10.8 Å². The Bertz CT molecular complexity index is 592. The summed E-state index contributed by atoms with van der Waals surface area (Å²) in [5.41, 5.74) is 0.992. The van der Waals surface area contributed by atoms with E-state index in [0.717, 1.165) is 10.9 Å². The number of carbonyl (C=O) groups excluding carboxylic acids is 1. The monoisotopic (exact) mass is 259 g/mol. The summed E-state index contributed by atoms with van der Waals surface area (Å²) in [6.45, 7) is 3.84. The first kappa shape index (κ1) is 12.7. The van der Waals surface area contributed by atoms with Crippen molar-refractivity contribution in [1.29, 1.82) is 0 Å². The van der Waals surface area contributed by atoms with Crippen molar-refractivity contribution in [2.24, 2.45) is 0 Å². The van der Waals surface area contributed by atoms with Crippen LogP contribution < -0.4 is 5.32 Å². The molecule has 0 saturated heterocycles. The number of rotatable bonds is 4. The van der Waals surface area contributed by atoms with Crippen LogP contribution in [0, 0.1) is 0 Å². The van der Waals surface area contributed by atoms with Crippen LogP contribution in [0.3, 0.4) is 0 Å². The minimum atomic E-state index is -0.0490. The summed E-state index contributed by atoms with van der Waals surface area (Å²) in [6, 6.07) is 14.1. The molecule has 0 unspecified atom stereocenters. The summed E-state index contributed by atoms with van der Waals surface area (Å²) in [5.74, 6) is -0.0490. The molecule has 0 bridgehead atoms. The average molecular weight is 260 g/mol. The lowest BCUT2D eigenvalue weighted by molar-refractivity contribution is -0.120. The third kappa shape index (κ3) is 3.34. The SMILES string of the molecule is C=C(Cl)CNC(=O)Cc1ccc2ccccc2c1. The Morgan fingerprint density at radius 1 is 1.17 bits per heavy atom. The van der Waals surface area contributed by atoms with Crippen molar-refractivity contribution >= 4 is 28.3 Å². The lowest BCUT2D eigenvalue weighted by atomic mass is 10.1. The molecular weight excluding hydrogens is 246 g/mol. The van der Waals surface area contributed by atoms with Crippen molar-refractivity contribution in [3.8, 4) is 0 Å². The maximum absolute atomic E-state index is 11.6. The summed E-state index contributed by atoms with van der Waals surface area (Å²) in [6.07, 6.45) is 0.356. The number of hydrogen-bond donors (Lipinski definition) is 1. The number of nitrogens with one attached hydrogen (secondary N) is 1. The lowest BCUT2D eigenvalue weighted by Gasteiger charge is -2.05. The van der Waals surface area contributed by atoms with Gasteiger partial charge in [-0.05, 0) is 16.3 Å². The van der Waals surface area contributed by atoms with Gasteiger partial charge in [0.25, 0.3) is 0 Å². The number of fused-ring (bicyclic) bond motifs is 1. The van der Waals surface area contributed by atoms with Crippen molar-refractivity contribution < 1.29 is 4.79 Å². The van der Waals surface area contributed by atoms with Crippen molar-refractivity contribution in [2.75, 3.05) is 6.54 Å². The van der Waals surface area contributed by atoms with Crippen molar-refractivity contribution in [3.05, 3.63) is 59.6 Å². The van der Waals surface area contributed by atoms with Crippen LogP contribution in [0.15, 0.2) is 54.1 Å².